The molecule has 0 radical (unpaired) electrons. The first-order chi connectivity index (χ1) is 13.5. The zero-order valence-electron chi connectivity index (χ0n) is 16.2. The fourth-order valence-electron chi connectivity index (χ4n) is 2.59. The molecule has 0 fully saturated rings. The molecule has 0 aliphatic rings. The molecule has 0 unspecified atom stereocenters. The second-order valence-electron chi connectivity index (χ2n) is 6.42. The number of nitrogens with zero attached hydrogens (tertiary/aromatic N) is 1. The second kappa shape index (κ2) is 9.08. The van der Waals surface area contributed by atoms with Gasteiger partial charge in [0.05, 0.1) is 16.8 Å². The van der Waals surface area contributed by atoms with E-state index < -0.39 is 5.97 Å². The van der Waals surface area contributed by atoms with Crippen LogP contribution in [-0.4, -0.2) is 24.3 Å². The van der Waals surface area contributed by atoms with Crippen molar-refractivity contribution in [3.05, 3.63) is 76.7 Å². The molecule has 3 aromatic rings. The molecule has 0 saturated carbocycles. The van der Waals surface area contributed by atoms with E-state index in [4.69, 9.17) is 18.7 Å². The van der Waals surface area contributed by atoms with Crippen molar-refractivity contribution in [2.24, 2.45) is 0 Å². The van der Waals surface area contributed by atoms with Crippen LogP contribution in [0, 0.1) is 20.8 Å². The summed E-state index contributed by atoms with van der Waals surface area (Å²) in [5.74, 6) is 1.62. The van der Waals surface area contributed by atoms with Gasteiger partial charge in [-0.2, -0.15) is 0 Å². The predicted octanol–water partition coefficient (Wildman–Crippen LogP) is 4.41. The Balaban J connectivity index is 1.48. The van der Waals surface area contributed by atoms with Crippen molar-refractivity contribution in [1.29, 1.82) is 0 Å². The van der Waals surface area contributed by atoms with Gasteiger partial charge in [-0.05, 0) is 51.1 Å². The number of carbonyl (C=O) groups is 1. The van der Waals surface area contributed by atoms with E-state index >= 15 is 0 Å². The van der Waals surface area contributed by atoms with E-state index in [1.54, 1.807) is 24.3 Å². The highest BCUT2D eigenvalue weighted by Crippen LogP contribution is 2.19. The number of rotatable bonds is 8. The number of hydrogen-bond acceptors (Lipinski definition) is 6. The molecule has 0 N–H and O–H groups in total. The van der Waals surface area contributed by atoms with Gasteiger partial charge >= 0.3 is 5.97 Å². The van der Waals surface area contributed by atoms with Crippen LogP contribution in [0.4, 0.5) is 0 Å². The first-order valence-electron chi connectivity index (χ1n) is 9.04. The molecule has 0 aliphatic heterocycles. The summed E-state index contributed by atoms with van der Waals surface area (Å²) >= 11 is 0. The van der Waals surface area contributed by atoms with Gasteiger partial charge in [0.1, 0.15) is 37.1 Å². The zero-order valence-corrected chi connectivity index (χ0v) is 16.2. The summed E-state index contributed by atoms with van der Waals surface area (Å²) in [6.45, 7) is 6.49. The van der Waals surface area contributed by atoms with Crippen molar-refractivity contribution >= 4 is 5.97 Å². The molecule has 1 aromatic heterocycles. The van der Waals surface area contributed by atoms with Gasteiger partial charge < -0.3 is 18.7 Å². The van der Waals surface area contributed by atoms with Crippen molar-refractivity contribution in [3.63, 3.8) is 0 Å². The number of aryl methyl sites for hydroxylation is 3. The monoisotopic (exact) mass is 381 g/mol. The zero-order chi connectivity index (χ0) is 19.9. The van der Waals surface area contributed by atoms with Crippen LogP contribution < -0.4 is 9.47 Å². The van der Waals surface area contributed by atoms with Gasteiger partial charge in [-0.1, -0.05) is 28.9 Å². The second-order valence-corrected chi connectivity index (χ2v) is 6.42. The van der Waals surface area contributed by atoms with Crippen molar-refractivity contribution in [1.82, 2.24) is 5.16 Å². The van der Waals surface area contributed by atoms with Crippen LogP contribution in [0.3, 0.4) is 0 Å². The highest BCUT2D eigenvalue weighted by Gasteiger charge is 2.11. The standard InChI is InChI=1S/C22H23NO5/c1-15-7-9-19(10-8-15)25-11-12-26-22(24)18-5-4-6-20(13-18)27-14-21-16(2)23-28-17(21)3/h4-10,13H,11-12,14H2,1-3H3. The normalized spacial score (nSPS) is 10.5. The quantitative estimate of drug-likeness (QED) is 0.425. The predicted molar refractivity (Wildman–Crippen MR) is 104 cm³/mol. The molecule has 0 aliphatic carbocycles. The summed E-state index contributed by atoms with van der Waals surface area (Å²) in [6.07, 6.45) is 0. The van der Waals surface area contributed by atoms with Gasteiger partial charge in [-0.25, -0.2) is 4.79 Å². The molecule has 0 atom stereocenters. The smallest absolute Gasteiger partial charge is 0.338 e. The van der Waals surface area contributed by atoms with Crippen LogP contribution in [0.15, 0.2) is 53.1 Å². The molecule has 0 spiro atoms. The Bertz CT molecular complexity index is 911. The lowest BCUT2D eigenvalue weighted by Crippen LogP contribution is -2.12. The molecule has 0 saturated heterocycles. The minimum atomic E-state index is -0.421. The molecule has 0 bridgehead atoms. The number of aromatic nitrogens is 1. The SMILES string of the molecule is Cc1ccc(OCCOC(=O)c2cccc(OCc3c(C)noc3C)c2)cc1. The van der Waals surface area contributed by atoms with Gasteiger partial charge in [0.15, 0.2) is 0 Å². The molecule has 146 valence electrons. The molecule has 6 nitrogen and oxygen atoms in total. The minimum Gasteiger partial charge on any atom is -0.490 e. The highest BCUT2D eigenvalue weighted by molar-refractivity contribution is 5.89. The number of carbonyl (C=O) groups excluding carboxylic acids is 1. The van der Waals surface area contributed by atoms with E-state index in [1.807, 2.05) is 45.0 Å². The Morgan fingerprint density at radius 3 is 2.46 bits per heavy atom. The lowest BCUT2D eigenvalue weighted by molar-refractivity contribution is 0.0450. The summed E-state index contributed by atoms with van der Waals surface area (Å²) in [5.41, 5.74) is 3.28. The first kappa shape index (κ1) is 19.5. The fraction of sp³-hybridized carbons (Fsp3) is 0.273. The fourth-order valence-corrected chi connectivity index (χ4v) is 2.59. The summed E-state index contributed by atoms with van der Waals surface area (Å²) in [4.78, 5) is 12.2. The molecular formula is C22H23NO5. The Morgan fingerprint density at radius 1 is 0.964 bits per heavy atom. The number of hydrogen-bond donors (Lipinski definition) is 0. The van der Waals surface area contributed by atoms with Gasteiger partial charge in [0.25, 0.3) is 0 Å². The Labute approximate surface area is 164 Å². The summed E-state index contributed by atoms with van der Waals surface area (Å²) < 4.78 is 21.7. The van der Waals surface area contributed by atoms with Crippen molar-refractivity contribution < 1.29 is 23.5 Å². The van der Waals surface area contributed by atoms with Gasteiger partial charge in [0, 0.05) is 0 Å². The third-order valence-corrected chi connectivity index (χ3v) is 4.24. The Morgan fingerprint density at radius 2 is 1.75 bits per heavy atom. The van der Waals surface area contributed by atoms with Crippen LogP contribution in [0.5, 0.6) is 11.5 Å². The number of esters is 1. The van der Waals surface area contributed by atoms with Gasteiger partial charge in [-0.15, -0.1) is 0 Å². The van der Waals surface area contributed by atoms with E-state index in [0.29, 0.717) is 17.9 Å². The molecule has 0 amide bonds. The lowest BCUT2D eigenvalue weighted by atomic mass is 10.2. The highest BCUT2D eigenvalue weighted by atomic mass is 16.6. The van der Waals surface area contributed by atoms with Crippen LogP contribution >= 0.6 is 0 Å². The largest absolute Gasteiger partial charge is 0.490 e. The van der Waals surface area contributed by atoms with Crippen LogP contribution in [0.2, 0.25) is 0 Å². The molecule has 2 aromatic carbocycles. The molecule has 3 rings (SSSR count). The molecule has 28 heavy (non-hydrogen) atoms. The Kier molecular flexibility index (Phi) is 6.32. The van der Waals surface area contributed by atoms with E-state index in [9.17, 15) is 4.79 Å². The van der Waals surface area contributed by atoms with E-state index in [0.717, 1.165) is 28.3 Å². The van der Waals surface area contributed by atoms with Crippen LogP contribution in [0.25, 0.3) is 0 Å². The molecule has 1 heterocycles. The number of ether oxygens (including phenoxy) is 3. The summed E-state index contributed by atoms with van der Waals surface area (Å²) in [5, 5.41) is 3.90. The maximum atomic E-state index is 12.2. The van der Waals surface area contributed by atoms with Gasteiger partial charge in [0.2, 0.25) is 0 Å². The summed E-state index contributed by atoms with van der Waals surface area (Å²) in [7, 11) is 0. The van der Waals surface area contributed by atoms with Crippen molar-refractivity contribution in [3.8, 4) is 11.5 Å². The summed E-state index contributed by atoms with van der Waals surface area (Å²) in [6, 6.07) is 14.6. The van der Waals surface area contributed by atoms with E-state index in [1.165, 1.54) is 0 Å². The third kappa shape index (κ3) is 5.13. The molecule has 6 heteroatoms. The van der Waals surface area contributed by atoms with E-state index in [2.05, 4.69) is 5.16 Å². The van der Waals surface area contributed by atoms with Crippen molar-refractivity contribution in [2.75, 3.05) is 13.2 Å². The molecular weight excluding hydrogens is 358 g/mol. The maximum absolute atomic E-state index is 12.2. The third-order valence-electron chi connectivity index (χ3n) is 4.24. The van der Waals surface area contributed by atoms with Gasteiger partial charge in [-0.3, -0.25) is 0 Å². The lowest BCUT2D eigenvalue weighted by Gasteiger charge is -2.09. The maximum Gasteiger partial charge on any atom is 0.338 e. The minimum absolute atomic E-state index is 0.164. The van der Waals surface area contributed by atoms with Crippen molar-refractivity contribution in [2.45, 2.75) is 27.4 Å². The first-order valence-corrected chi connectivity index (χ1v) is 9.04. The average molecular weight is 381 g/mol. The van der Waals surface area contributed by atoms with E-state index in [-0.39, 0.29) is 13.2 Å². The Hall–Kier alpha value is -3.28. The van der Waals surface area contributed by atoms with Crippen LogP contribution in [-0.2, 0) is 11.3 Å². The van der Waals surface area contributed by atoms with Crippen LogP contribution in [0.1, 0.15) is 32.9 Å². The average Bonchev–Trinajstić information content (AvgIpc) is 3.02. The number of benzene rings is 2. The topological polar surface area (TPSA) is 70.8 Å².